The Morgan fingerprint density at radius 2 is 1.79 bits per heavy atom. The molecule has 0 saturated carbocycles. The molecule has 1 N–H and O–H groups in total. The first kappa shape index (κ1) is 15.8. The second-order valence-corrected chi connectivity index (χ2v) is 5.67. The second kappa shape index (κ2) is 6.58. The van der Waals surface area contributed by atoms with Crippen molar-refractivity contribution < 1.29 is 14.0 Å². The van der Waals surface area contributed by atoms with Gasteiger partial charge in [0.2, 0.25) is 5.91 Å². The number of furan rings is 1. The van der Waals surface area contributed by atoms with E-state index in [-0.39, 0.29) is 11.8 Å². The van der Waals surface area contributed by atoms with Crippen LogP contribution in [0.5, 0.6) is 0 Å². The van der Waals surface area contributed by atoms with Gasteiger partial charge >= 0.3 is 0 Å². The molecule has 5 nitrogen and oxygen atoms in total. The molecule has 5 heteroatoms. The first-order chi connectivity index (χ1) is 11.5. The van der Waals surface area contributed by atoms with Crippen molar-refractivity contribution in [2.45, 2.75) is 13.5 Å². The molecular weight excluding hydrogens is 304 g/mol. The average molecular weight is 322 g/mol. The monoisotopic (exact) mass is 322 g/mol. The maximum Gasteiger partial charge on any atom is 0.254 e. The van der Waals surface area contributed by atoms with Gasteiger partial charge in [-0.1, -0.05) is 18.2 Å². The molecule has 1 heterocycles. The number of para-hydroxylation sites is 1. The zero-order valence-corrected chi connectivity index (χ0v) is 13.6. The third-order valence-electron chi connectivity index (χ3n) is 3.67. The second-order valence-electron chi connectivity index (χ2n) is 5.67. The van der Waals surface area contributed by atoms with Crippen LogP contribution in [0.1, 0.15) is 23.0 Å². The molecule has 0 bridgehead atoms. The third kappa shape index (κ3) is 3.46. The number of fused-ring (bicyclic) bond motifs is 1. The summed E-state index contributed by atoms with van der Waals surface area (Å²) in [6.45, 7) is 1.83. The van der Waals surface area contributed by atoms with Gasteiger partial charge in [0.1, 0.15) is 11.3 Å². The Labute approximate surface area is 139 Å². The summed E-state index contributed by atoms with van der Waals surface area (Å²) in [5.41, 5.74) is 2.04. The number of carbonyl (C=O) groups excluding carboxylic acids is 2. The lowest BCUT2D eigenvalue weighted by molar-refractivity contribution is -0.114. The zero-order chi connectivity index (χ0) is 17.1. The van der Waals surface area contributed by atoms with Gasteiger partial charge in [-0.3, -0.25) is 9.59 Å². The van der Waals surface area contributed by atoms with Gasteiger partial charge in [-0.15, -0.1) is 0 Å². The number of hydrogen-bond donors (Lipinski definition) is 1. The van der Waals surface area contributed by atoms with Crippen LogP contribution in [-0.4, -0.2) is 23.8 Å². The Morgan fingerprint density at radius 3 is 2.46 bits per heavy atom. The van der Waals surface area contributed by atoms with Crippen LogP contribution in [0.2, 0.25) is 0 Å². The van der Waals surface area contributed by atoms with Crippen molar-refractivity contribution in [3.63, 3.8) is 0 Å². The van der Waals surface area contributed by atoms with Crippen molar-refractivity contribution in [3.05, 3.63) is 65.9 Å². The van der Waals surface area contributed by atoms with E-state index in [0.717, 1.165) is 16.7 Å². The van der Waals surface area contributed by atoms with Gasteiger partial charge in [0.05, 0.1) is 6.54 Å². The Kier molecular flexibility index (Phi) is 4.33. The number of anilines is 1. The molecule has 122 valence electrons. The maximum absolute atomic E-state index is 12.5. The van der Waals surface area contributed by atoms with Crippen molar-refractivity contribution in [2.24, 2.45) is 0 Å². The highest BCUT2D eigenvalue weighted by atomic mass is 16.3. The summed E-state index contributed by atoms with van der Waals surface area (Å²) < 4.78 is 5.75. The van der Waals surface area contributed by atoms with Crippen molar-refractivity contribution in [2.75, 3.05) is 12.4 Å². The highest BCUT2D eigenvalue weighted by Crippen LogP contribution is 2.20. The van der Waals surface area contributed by atoms with Gasteiger partial charge < -0.3 is 14.6 Å². The van der Waals surface area contributed by atoms with Crippen LogP contribution in [0.4, 0.5) is 5.69 Å². The van der Waals surface area contributed by atoms with Gasteiger partial charge in [0.25, 0.3) is 5.91 Å². The van der Waals surface area contributed by atoms with Gasteiger partial charge in [0.15, 0.2) is 0 Å². The van der Waals surface area contributed by atoms with E-state index in [1.165, 1.54) is 6.92 Å². The van der Waals surface area contributed by atoms with Crippen molar-refractivity contribution in [1.82, 2.24) is 4.90 Å². The van der Waals surface area contributed by atoms with Crippen LogP contribution < -0.4 is 5.32 Å². The van der Waals surface area contributed by atoms with Gasteiger partial charge in [-0.2, -0.15) is 0 Å². The Hall–Kier alpha value is -3.08. The summed E-state index contributed by atoms with van der Waals surface area (Å²) in [4.78, 5) is 25.1. The van der Waals surface area contributed by atoms with Crippen LogP contribution in [0, 0.1) is 0 Å². The average Bonchev–Trinajstić information content (AvgIpc) is 2.96. The largest absolute Gasteiger partial charge is 0.459 e. The van der Waals surface area contributed by atoms with Crippen LogP contribution >= 0.6 is 0 Å². The normalized spacial score (nSPS) is 10.6. The topological polar surface area (TPSA) is 62.6 Å². The summed E-state index contributed by atoms with van der Waals surface area (Å²) in [6.07, 6.45) is 0. The molecule has 0 radical (unpaired) electrons. The number of nitrogens with zero attached hydrogens (tertiary/aromatic N) is 1. The SMILES string of the molecule is CC(=O)Nc1ccc(C(=O)N(C)Cc2cc3ccccc3o2)cc1. The Morgan fingerprint density at radius 1 is 1.08 bits per heavy atom. The minimum absolute atomic E-state index is 0.107. The molecule has 0 atom stereocenters. The number of benzene rings is 2. The lowest BCUT2D eigenvalue weighted by Gasteiger charge is -2.16. The van der Waals surface area contributed by atoms with Crippen LogP contribution in [0.3, 0.4) is 0 Å². The number of amides is 2. The fourth-order valence-corrected chi connectivity index (χ4v) is 2.54. The Balaban J connectivity index is 1.70. The maximum atomic E-state index is 12.5. The highest BCUT2D eigenvalue weighted by Gasteiger charge is 2.14. The molecule has 3 aromatic rings. The van der Waals surface area contributed by atoms with E-state index in [2.05, 4.69) is 5.32 Å². The number of hydrogen-bond acceptors (Lipinski definition) is 3. The molecule has 0 aliphatic carbocycles. The third-order valence-corrected chi connectivity index (χ3v) is 3.67. The van der Waals surface area contributed by atoms with E-state index in [9.17, 15) is 9.59 Å². The molecule has 1 aromatic heterocycles. The van der Waals surface area contributed by atoms with Crippen molar-refractivity contribution >= 4 is 28.5 Å². The molecular formula is C19H18N2O3. The number of nitrogens with one attached hydrogen (secondary N) is 1. The molecule has 2 amide bonds. The molecule has 0 spiro atoms. The first-order valence-corrected chi connectivity index (χ1v) is 7.63. The van der Waals surface area contributed by atoms with E-state index >= 15 is 0 Å². The quantitative estimate of drug-likeness (QED) is 0.797. The molecule has 3 rings (SSSR count). The van der Waals surface area contributed by atoms with Crippen LogP contribution in [0.25, 0.3) is 11.0 Å². The smallest absolute Gasteiger partial charge is 0.254 e. The minimum atomic E-state index is -0.143. The van der Waals surface area contributed by atoms with Crippen molar-refractivity contribution in [3.8, 4) is 0 Å². The summed E-state index contributed by atoms with van der Waals surface area (Å²) in [5, 5.41) is 3.70. The van der Waals surface area contributed by atoms with Gasteiger partial charge in [-0.05, 0) is 36.4 Å². The summed E-state index contributed by atoms with van der Waals surface area (Å²) in [6, 6.07) is 16.5. The van der Waals surface area contributed by atoms with Crippen molar-refractivity contribution in [1.29, 1.82) is 0 Å². The lowest BCUT2D eigenvalue weighted by Crippen LogP contribution is -2.25. The van der Waals surface area contributed by atoms with E-state index in [1.54, 1.807) is 36.2 Å². The number of carbonyl (C=O) groups is 2. The number of rotatable bonds is 4. The highest BCUT2D eigenvalue weighted by molar-refractivity contribution is 5.95. The molecule has 0 saturated heterocycles. The van der Waals surface area contributed by atoms with E-state index in [1.807, 2.05) is 30.3 Å². The molecule has 2 aromatic carbocycles. The summed E-state index contributed by atoms with van der Waals surface area (Å²) in [5.74, 6) is 0.489. The zero-order valence-electron chi connectivity index (χ0n) is 13.6. The molecule has 0 aliphatic rings. The summed E-state index contributed by atoms with van der Waals surface area (Å²) >= 11 is 0. The van der Waals surface area contributed by atoms with Gasteiger partial charge in [0, 0.05) is 30.6 Å². The standard InChI is InChI=1S/C19H18N2O3/c1-13(22)20-16-9-7-14(8-10-16)19(23)21(2)12-17-11-15-5-3-4-6-18(15)24-17/h3-11H,12H2,1-2H3,(H,20,22). The molecule has 0 fully saturated rings. The predicted octanol–water partition coefficient (Wildman–Crippen LogP) is 3.66. The summed E-state index contributed by atoms with van der Waals surface area (Å²) in [7, 11) is 1.73. The molecule has 24 heavy (non-hydrogen) atoms. The predicted molar refractivity (Wildman–Crippen MR) is 92.8 cm³/mol. The molecule has 0 unspecified atom stereocenters. The van der Waals surface area contributed by atoms with E-state index in [4.69, 9.17) is 4.42 Å². The fraction of sp³-hybridized carbons (Fsp3) is 0.158. The minimum Gasteiger partial charge on any atom is -0.459 e. The first-order valence-electron chi connectivity index (χ1n) is 7.63. The Bertz CT molecular complexity index is 848. The van der Waals surface area contributed by atoms with Crippen LogP contribution in [0.15, 0.2) is 59.0 Å². The molecule has 0 aliphatic heterocycles. The lowest BCUT2D eigenvalue weighted by atomic mass is 10.2. The van der Waals surface area contributed by atoms with E-state index in [0.29, 0.717) is 17.8 Å². The van der Waals surface area contributed by atoms with Gasteiger partial charge in [-0.25, -0.2) is 0 Å². The fourth-order valence-electron chi connectivity index (χ4n) is 2.54. The van der Waals surface area contributed by atoms with Crippen LogP contribution in [-0.2, 0) is 11.3 Å². The van der Waals surface area contributed by atoms with E-state index < -0.39 is 0 Å².